The number of thioether (sulfide) groups is 1. The predicted octanol–water partition coefficient (Wildman–Crippen LogP) is 2.34. The lowest BCUT2D eigenvalue weighted by Gasteiger charge is -2.25. The van der Waals surface area contributed by atoms with Crippen molar-refractivity contribution in [3.63, 3.8) is 0 Å². The van der Waals surface area contributed by atoms with Gasteiger partial charge in [-0.15, -0.1) is 0 Å². The summed E-state index contributed by atoms with van der Waals surface area (Å²) in [5.41, 5.74) is 0. The molecular weight excluding hydrogens is 180 g/mol. The molecule has 2 aliphatic rings. The van der Waals surface area contributed by atoms with Gasteiger partial charge in [-0.25, -0.2) is 0 Å². The van der Waals surface area contributed by atoms with Crippen molar-refractivity contribution in [2.75, 3.05) is 12.8 Å². The van der Waals surface area contributed by atoms with E-state index < -0.39 is 0 Å². The minimum atomic E-state index is 0.701. The minimum absolute atomic E-state index is 0.701. The first kappa shape index (κ1) is 9.38. The number of hydrogen-bond acceptors (Lipinski definition) is 2. The quantitative estimate of drug-likeness (QED) is 0.737. The van der Waals surface area contributed by atoms with E-state index in [0.29, 0.717) is 6.04 Å². The number of nitrogens with one attached hydrogen (secondary N) is 1. The average Bonchev–Trinajstić information content (AvgIpc) is 2.71. The summed E-state index contributed by atoms with van der Waals surface area (Å²) in [7, 11) is 0. The lowest BCUT2D eigenvalue weighted by molar-refractivity contribution is 0.337. The van der Waals surface area contributed by atoms with Gasteiger partial charge in [0.05, 0.1) is 5.84 Å². The standard InChI is InChI=1S/C10H18N2S/c1-13-9-5-4-8(7-9)12-6-2-3-10(12)11/h8-9,11H,2-7H2,1H3. The van der Waals surface area contributed by atoms with Crippen LogP contribution in [0, 0.1) is 5.41 Å². The molecule has 2 unspecified atom stereocenters. The fourth-order valence-electron chi connectivity index (χ4n) is 2.51. The van der Waals surface area contributed by atoms with Gasteiger partial charge in [-0.05, 0) is 31.9 Å². The van der Waals surface area contributed by atoms with E-state index in [9.17, 15) is 0 Å². The Labute approximate surface area is 84.6 Å². The van der Waals surface area contributed by atoms with Crippen LogP contribution in [0.3, 0.4) is 0 Å². The number of nitrogens with zero attached hydrogens (tertiary/aromatic N) is 1. The van der Waals surface area contributed by atoms with Crippen molar-refractivity contribution in [2.45, 2.75) is 43.4 Å². The van der Waals surface area contributed by atoms with Crippen molar-refractivity contribution in [1.82, 2.24) is 4.90 Å². The molecule has 0 aromatic carbocycles. The summed E-state index contributed by atoms with van der Waals surface area (Å²) in [6.45, 7) is 1.14. The molecule has 1 saturated heterocycles. The molecule has 1 aliphatic carbocycles. The van der Waals surface area contributed by atoms with E-state index in [0.717, 1.165) is 24.1 Å². The summed E-state index contributed by atoms with van der Waals surface area (Å²) in [6.07, 6.45) is 8.41. The molecule has 0 amide bonds. The highest BCUT2D eigenvalue weighted by Gasteiger charge is 2.31. The van der Waals surface area contributed by atoms with E-state index >= 15 is 0 Å². The fraction of sp³-hybridized carbons (Fsp3) is 0.900. The molecule has 1 saturated carbocycles. The van der Waals surface area contributed by atoms with Crippen LogP contribution in [0.4, 0.5) is 0 Å². The van der Waals surface area contributed by atoms with Crippen molar-refractivity contribution < 1.29 is 0 Å². The largest absolute Gasteiger partial charge is 0.358 e. The zero-order valence-corrected chi connectivity index (χ0v) is 9.07. The van der Waals surface area contributed by atoms with Gasteiger partial charge in [-0.1, -0.05) is 0 Å². The predicted molar refractivity (Wildman–Crippen MR) is 58.6 cm³/mol. The first-order valence-corrected chi connectivity index (χ1v) is 6.47. The SMILES string of the molecule is CSC1CCC(N2CCCC2=N)C1. The van der Waals surface area contributed by atoms with Gasteiger partial charge in [0.25, 0.3) is 0 Å². The lowest BCUT2D eigenvalue weighted by Crippen LogP contribution is -2.34. The number of hydrogen-bond donors (Lipinski definition) is 1. The molecule has 0 bridgehead atoms. The fourth-order valence-corrected chi connectivity index (χ4v) is 3.30. The summed E-state index contributed by atoms with van der Waals surface area (Å²) in [4.78, 5) is 2.34. The molecule has 0 radical (unpaired) electrons. The molecule has 0 aromatic heterocycles. The second kappa shape index (κ2) is 3.91. The summed E-state index contributed by atoms with van der Waals surface area (Å²) in [5.74, 6) is 0.895. The van der Waals surface area contributed by atoms with E-state index in [1.807, 2.05) is 11.8 Å². The van der Waals surface area contributed by atoms with Crippen LogP contribution in [0.2, 0.25) is 0 Å². The van der Waals surface area contributed by atoms with Crippen LogP contribution in [0.5, 0.6) is 0 Å². The molecule has 1 heterocycles. The van der Waals surface area contributed by atoms with Crippen LogP contribution in [-0.4, -0.2) is 34.8 Å². The van der Waals surface area contributed by atoms with Crippen molar-refractivity contribution >= 4 is 17.6 Å². The molecular formula is C10H18N2S. The van der Waals surface area contributed by atoms with Crippen molar-refractivity contribution in [3.05, 3.63) is 0 Å². The van der Waals surface area contributed by atoms with Gasteiger partial charge in [-0.3, -0.25) is 5.41 Å². The average molecular weight is 198 g/mol. The van der Waals surface area contributed by atoms with Gasteiger partial charge in [0, 0.05) is 24.3 Å². The highest BCUT2D eigenvalue weighted by molar-refractivity contribution is 7.99. The number of rotatable bonds is 2. The first-order chi connectivity index (χ1) is 6.31. The van der Waals surface area contributed by atoms with E-state index in [-0.39, 0.29) is 0 Å². The Morgan fingerprint density at radius 1 is 1.46 bits per heavy atom. The van der Waals surface area contributed by atoms with Crippen molar-refractivity contribution in [3.8, 4) is 0 Å². The second-order valence-corrected chi connectivity index (χ2v) is 5.21. The molecule has 1 N–H and O–H groups in total. The molecule has 0 spiro atoms. The van der Waals surface area contributed by atoms with Crippen molar-refractivity contribution in [2.24, 2.45) is 0 Å². The zero-order valence-electron chi connectivity index (χ0n) is 8.25. The maximum absolute atomic E-state index is 7.81. The molecule has 1 aliphatic heterocycles. The number of amidine groups is 1. The highest BCUT2D eigenvalue weighted by Crippen LogP contribution is 2.33. The Morgan fingerprint density at radius 2 is 2.31 bits per heavy atom. The Kier molecular flexibility index (Phi) is 2.82. The molecule has 2 atom stereocenters. The molecule has 0 aromatic rings. The van der Waals surface area contributed by atoms with Gasteiger partial charge >= 0.3 is 0 Å². The van der Waals surface area contributed by atoms with E-state index in [2.05, 4.69) is 11.2 Å². The summed E-state index contributed by atoms with van der Waals surface area (Å²) in [5, 5.41) is 8.67. The third-order valence-electron chi connectivity index (χ3n) is 3.29. The van der Waals surface area contributed by atoms with Crippen LogP contribution in [0.15, 0.2) is 0 Å². The van der Waals surface area contributed by atoms with Gasteiger partial charge < -0.3 is 4.90 Å². The van der Waals surface area contributed by atoms with E-state index in [4.69, 9.17) is 5.41 Å². The van der Waals surface area contributed by atoms with Crippen LogP contribution in [0.1, 0.15) is 32.1 Å². The highest BCUT2D eigenvalue weighted by atomic mass is 32.2. The minimum Gasteiger partial charge on any atom is -0.358 e. The van der Waals surface area contributed by atoms with Crippen LogP contribution in [0.25, 0.3) is 0 Å². The summed E-state index contributed by atoms with van der Waals surface area (Å²) >= 11 is 2.00. The third kappa shape index (κ3) is 1.85. The Bertz CT molecular complexity index is 205. The monoisotopic (exact) mass is 198 g/mol. The number of likely N-dealkylation sites (tertiary alicyclic amines) is 1. The molecule has 2 nitrogen and oxygen atoms in total. The molecule has 74 valence electrons. The Morgan fingerprint density at radius 3 is 2.85 bits per heavy atom. The van der Waals surface area contributed by atoms with E-state index in [1.165, 1.54) is 25.7 Å². The maximum atomic E-state index is 7.81. The normalized spacial score (nSPS) is 34.5. The topological polar surface area (TPSA) is 27.1 Å². The van der Waals surface area contributed by atoms with Gasteiger partial charge in [0.15, 0.2) is 0 Å². The van der Waals surface area contributed by atoms with Crippen LogP contribution >= 0.6 is 11.8 Å². The van der Waals surface area contributed by atoms with E-state index in [1.54, 1.807) is 0 Å². The summed E-state index contributed by atoms with van der Waals surface area (Å²) < 4.78 is 0. The van der Waals surface area contributed by atoms with Gasteiger partial charge in [0.1, 0.15) is 0 Å². The zero-order chi connectivity index (χ0) is 9.26. The lowest BCUT2D eigenvalue weighted by atomic mass is 10.2. The van der Waals surface area contributed by atoms with Gasteiger partial charge in [-0.2, -0.15) is 11.8 Å². The Hall–Kier alpha value is -0.180. The molecule has 13 heavy (non-hydrogen) atoms. The maximum Gasteiger partial charge on any atom is 0.0960 e. The van der Waals surface area contributed by atoms with Gasteiger partial charge in [0.2, 0.25) is 0 Å². The molecule has 3 heteroatoms. The first-order valence-electron chi connectivity index (χ1n) is 5.18. The smallest absolute Gasteiger partial charge is 0.0960 e. The van der Waals surface area contributed by atoms with Crippen LogP contribution < -0.4 is 0 Å². The van der Waals surface area contributed by atoms with Crippen molar-refractivity contribution in [1.29, 1.82) is 5.41 Å². The Balaban J connectivity index is 1.91. The third-order valence-corrected chi connectivity index (χ3v) is 4.39. The molecule has 2 rings (SSSR count). The second-order valence-electron chi connectivity index (χ2n) is 4.07. The molecule has 2 fully saturated rings. The summed E-state index contributed by atoms with van der Waals surface area (Å²) in [6, 6.07) is 0.701. The van der Waals surface area contributed by atoms with Crippen LogP contribution in [-0.2, 0) is 0 Å².